The number of nitrogens with one attached hydrogen (secondary N) is 2. The lowest BCUT2D eigenvalue weighted by Gasteiger charge is -2.45. The molecule has 4 rings (SSSR count). The van der Waals surface area contributed by atoms with Gasteiger partial charge < -0.3 is 14.6 Å². The first-order valence-electron chi connectivity index (χ1n) is 6.98. The van der Waals surface area contributed by atoms with E-state index in [1.54, 1.807) is 6.20 Å². The summed E-state index contributed by atoms with van der Waals surface area (Å²) in [6.07, 6.45) is 5.29. The molecule has 0 atom stereocenters. The fourth-order valence-corrected chi connectivity index (χ4v) is 3.71. The first-order valence-corrected chi connectivity index (χ1v) is 8.16. The van der Waals surface area contributed by atoms with E-state index in [-0.39, 0.29) is 6.04 Å². The Kier molecular flexibility index (Phi) is 3.00. The molecule has 2 aromatic heterocycles. The molecular formula is C13H16N4O3S. The Bertz CT molecular complexity index is 743. The molecule has 3 heterocycles. The normalized spacial score (nSPS) is 24.7. The van der Waals surface area contributed by atoms with Crippen LogP contribution in [-0.4, -0.2) is 43.6 Å². The number of hydrogen-bond acceptors (Lipinski definition) is 5. The van der Waals surface area contributed by atoms with Crippen LogP contribution in [0.5, 0.6) is 5.75 Å². The smallest absolute Gasteiger partial charge is 0.201 e. The van der Waals surface area contributed by atoms with E-state index in [0.29, 0.717) is 12.6 Å². The first kappa shape index (κ1) is 12.9. The van der Waals surface area contributed by atoms with Gasteiger partial charge in [0, 0.05) is 23.7 Å². The highest BCUT2D eigenvalue weighted by Gasteiger charge is 2.37. The van der Waals surface area contributed by atoms with Gasteiger partial charge in [0.05, 0.1) is 18.4 Å². The van der Waals surface area contributed by atoms with Crippen LogP contribution >= 0.6 is 0 Å². The molecule has 112 valence electrons. The Morgan fingerprint density at radius 3 is 3.10 bits per heavy atom. The van der Waals surface area contributed by atoms with Gasteiger partial charge in [0.15, 0.2) is 5.75 Å². The van der Waals surface area contributed by atoms with Gasteiger partial charge in [-0.25, -0.2) is 18.1 Å². The average Bonchev–Trinajstić information content (AvgIpc) is 2.90. The number of H-pyrrole nitrogens is 1. The Balaban J connectivity index is 1.63. The molecule has 2 aliphatic rings. The Morgan fingerprint density at radius 1 is 1.43 bits per heavy atom. The maximum Gasteiger partial charge on any atom is 0.201 e. The van der Waals surface area contributed by atoms with Crippen molar-refractivity contribution in [3.63, 3.8) is 0 Å². The van der Waals surface area contributed by atoms with Gasteiger partial charge in [0.2, 0.25) is 10.9 Å². The molecule has 1 aliphatic heterocycles. The minimum Gasteiger partial charge on any atom is -0.488 e. The number of pyridine rings is 1. The van der Waals surface area contributed by atoms with Crippen molar-refractivity contribution in [1.82, 2.24) is 14.7 Å². The topological polar surface area (TPSA) is 87.3 Å². The number of aromatic amines is 1. The summed E-state index contributed by atoms with van der Waals surface area (Å²) in [5.41, 5.74) is 1.92. The van der Waals surface area contributed by atoms with Crippen LogP contribution in [0.3, 0.4) is 0 Å². The molecular weight excluding hydrogens is 292 g/mol. The standard InChI is InChI=1S/C13H16N4O3S/c18-21(19)16-8-5-9(6-8)17-3-4-20-11-7-15-13-10(12(11)17)1-2-14-13/h1-2,7-9,21H,3-6H2,(H,14,15)(H,16,18,19). The van der Waals surface area contributed by atoms with Gasteiger partial charge in [-0.1, -0.05) is 0 Å². The van der Waals surface area contributed by atoms with Gasteiger partial charge in [-0.05, 0) is 18.9 Å². The molecule has 2 N–H and O–H groups in total. The molecule has 8 heteroatoms. The zero-order valence-corrected chi connectivity index (χ0v) is 12.2. The maximum absolute atomic E-state index is 10.7. The molecule has 1 aliphatic carbocycles. The van der Waals surface area contributed by atoms with Gasteiger partial charge in [-0.3, -0.25) is 0 Å². The van der Waals surface area contributed by atoms with Crippen molar-refractivity contribution in [2.45, 2.75) is 24.9 Å². The van der Waals surface area contributed by atoms with Crippen LogP contribution in [0.2, 0.25) is 0 Å². The van der Waals surface area contributed by atoms with Crippen LogP contribution in [-0.2, 0) is 10.9 Å². The van der Waals surface area contributed by atoms with E-state index in [0.717, 1.165) is 41.9 Å². The minimum atomic E-state index is -2.51. The van der Waals surface area contributed by atoms with Crippen LogP contribution in [0.15, 0.2) is 18.5 Å². The van der Waals surface area contributed by atoms with E-state index >= 15 is 0 Å². The van der Waals surface area contributed by atoms with E-state index in [1.807, 2.05) is 12.3 Å². The number of thiol groups is 1. The monoisotopic (exact) mass is 308 g/mol. The van der Waals surface area contributed by atoms with Crippen LogP contribution in [0.1, 0.15) is 12.8 Å². The third-order valence-electron chi connectivity index (χ3n) is 4.24. The SMILES string of the molecule is O=[SH](=O)NC1CC(N2CCOc3cnc4[nH]ccc4c32)C1. The second-order valence-electron chi connectivity index (χ2n) is 5.46. The van der Waals surface area contributed by atoms with E-state index in [4.69, 9.17) is 4.74 Å². The number of fused-ring (bicyclic) bond motifs is 3. The average molecular weight is 308 g/mol. The molecule has 21 heavy (non-hydrogen) atoms. The fraction of sp³-hybridized carbons (Fsp3) is 0.462. The number of hydrogen-bond donors (Lipinski definition) is 3. The third kappa shape index (κ3) is 2.14. The minimum absolute atomic E-state index is 0.0611. The van der Waals surface area contributed by atoms with Crippen molar-refractivity contribution in [2.75, 3.05) is 18.1 Å². The Labute approximate surface area is 123 Å². The third-order valence-corrected chi connectivity index (χ3v) is 4.82. The van der Waals surface area contributed by atoms with Gasteiger partial charge in [-0.15, -0.1) is 0 Å². The highest BCUT2D eigenvalue weighted by Crippen LogP contribution is 2.41. The summed E-state index contributed by atoms with van der Waals surface area (Å²) in [6, 6.07) is 2.41. The molecule has 2 aromatic rings. The number of anilines is 1. The zero-order valence-electron chi connectivity index (χ0n) is 11.3. The lowest BCUT2D eigenvalue weighted by Crippen LogP contribution is -2.54. The maximum atomic E-state index is 10.7. The van der Waals surface area contributed by atoms with E-state index < -0.39 is 10.9 Å². The molecule has 1 saturated carbocycles. The molecule has 0 radical (unpaired) electrons. The lowest BCUT2D eigenvalue weighted by molar-refractivity contribution is 0.259. The van der Waals surface area contributed by atoms with Crippen molar-refractivity contribution in [1.29, 1.82) is 0 Å². The van der Waals surface area contributed by atoms with Crippen LogP contribution < -0.4 is 14.4 Å². The molecule has 7 nitrogen and oxygen atoms in total. The van der Waals surface area contributed by atoms with Crippen molar-refractivity contribution in [2.24, 2.45) is 0 Å². The summed E-state index contributed by atoms with van der Waals surface area (Å²) < 4.78 is 29.7. The Morgan fingerprint density at radius 2 is 2.29 bits per heavy atom. The summed E-state index contributed by atoms with van der Waals surface area (Å²) >= 11 is 0. The molecule has 0 bridgehead atoms. The molecule has 0 aromatic carbocycles. The second kappa shape index (κ2) is 4.88. The van der Waals surface area contributed by atoms with Crippen LogP contribution in [0.25, 0.3) is 11.0 Å². The Hall–Kier alpha value is -1.80. The highest BCUT2D eigenvalue weighted by atomic mass is 32.2. The van der Waals surface area contributed by atoms with Crippen molar-refractivity contribution >= 4 is 27.6 Å². The lowest BCUT2D eigenvalue weighted by atomic mass is 9.85. The fourth-order valence-electron chi connectivity index (χ4n) is 3.21. The van der Waals surface area contributed by atoms with Gasteiger partial charge >= 0.3 is 0 Å². The van der Waals surface area contributed by atoms with Crippen LogP contribution in [0, 0.1) is 0 Å². The van der Waals surface area contributed by atoms with Gasteiger partial charge in [0.1, 0.15) is 12.3 Å². The molecule has 1 fully saturated rings. The predicted molar refractivity (Wildman–Crippen MR) is 79.2 cm³/mol. The predicted octanol–water partition coefficient (Wildman–Crippen LogP) is 0.409. The summed E-state index contributed by atoms with van der Waals surface area (Å²) in [5, 5.41) is 1.05. The van der Waals surface area contributed by atoms with E-state index in [9.17, 15) is 8.42 Å². The largest absolute Gasteiger partial charge is 0.488 e. The number of rotatable bonds is 3. The van der Waals surface area contributed by atoms with E-state index in [2.05, 4.69) is 19.6 Å². The summed E-state index contributed by atoms with van der Waals surface area (Å²) in [5.74, 6) is 0.805. The summed E-state index contributed by atoms with van der Waals surface area (Å²) in [7, 11) is -2.51. The van der Waals surface area contributed by atoms with Crippen molar-refractivity contribution < 1.29 is 13.2 Å². The quantitative estimate of drug-likeness (QED) is 0.715. The number of aromatic nitrogens is 2. The molecule has 0 amide bonds. The molecule has 0 unspecified atom stereocenters. The number of ether oxygens (including phenoxy) is 1. The van der Waals surface area contributed by atoms with Crippen molar-refractivity contribution in [3.05, 3.63) is 18.5 Å². The van der Waals surface area contributed by atoms with Gasteiger partial charge in [-0.2, -0.15) is 0 Å². The second-order valence-corrected chi connectivity index (χ2v) is 6.23. The van der Waals surface area contributed by atoms with E-state index in [1.165, 1.54) is 0 Å². The number of nitrogens with zero attached hydrogens (tertiary/aromatic N) is 2. The first-order chi connectivity index (χ1) is 10.2. The molecule has 0 spiro atoms. The van der Waals surface area contributed by atoms with Crippen molar-refractivity contribution in [3.8, 4) is 5.75 Å². The van der Waals surface area contributed by atoms with Crippen LogP contribution in [0.4, 0.5) is 5.69 Å². The molecule has 0 saturated heterocycles. The highest BCUT2D eigenvalue weighted by molar-refractivity contribution is 7.70. The summed E-state index contributed by atoms with van der Waals surface area (Å²) in [4.78, 5) is 9.79. The summed E-state index contributed by atoms with van der Waals surface area (Å²) in [6.45, 7) is 1.45. The van der Waals surface area contributed by atoms with Gasteiger partial charge in [0.25, 0.3) is 0 Å². The zero-order chi connectivity index (χ0) is 14.4.